The maximum atomic E-state index is 10.5. The Bertz CT molecular complexity index is 414. The molecule has 1 aliphatic carbocycles. The molecular formula is C9H13N3O3S. The third-order valence-corrected chi connectivity index (χ3v) is 3.59. The number of rotatable bonds is 5. The normalized spacial score (nSPS) is 17.4. The lowest BCUT2D eigenvalue weighted by Gasteiger charge is -2.15. The van der Waals surface area contributed by atoms with Crippen molar-refractivity contribution in [1.29, 1.82) is 0 Å². The zero-order valence-corrected chi connectivity index (χ0v) is 9.70. The SMILES string of the molecule is CC1(n2c(CO)nnc2SCC(=O)O)CC1. The van der Waals surface area contributed by atoms with Crippen LogP contribution in [0.15, 0.2) is 5.16 Å². The number of carboxylic acids is 1. The van der Waals surface area contributed by atoms with E-state index in [1.54, 1.807) is 0 Å². The van der Waals surface area contributed by atoms with Crippen molar-refractivity contribution in [2.24, 2.45) is 0 Å². The van der Waals surface area contributed by atoms with Gasteiger partial charge in [-0.25, -0.2) is 0 Å². The van der Waals surface area contributed by atoms with E-state index in [1.807, 2.05) is 4.57 Å². The van der Waals surface area contributed by atoms with Crippen molar-refractivity contribution in [2.75, 3.05) is 5.75 Å². The lowest BCUT2D eigenvalue weighted by Crippen LogP contribution is -2.17. The molecule has 6 nitrogen and oxygen atoms in total. The summed E-state index contributed by atoms with van der Waals surface area (Å²) in [6, 6.07) is 0. The summed E-state index contributed by atoms with van der Waals surface area (Å²) in [5, 5.41) is 26.1. The van der Waals surface area contributed by atoms with E-state index < -0.39 is 5.97 Å². The minimum atomic E-state index is -0.883. The second-order valence-electron chi connectivity index (χ2n) is 4.07. The van der Waals surface area contributed by atoms with Gasteiger partial charge in [-0.05, 0) is 19.8 Å². The molecule has 2 rings (SSSR count). The van der Waals surface area contributed by atoms with Gasteiger partial charge in [0.1, 0.15) is 6.61 Å². The number of aliphatic hydroxyl groups excluding tert-OH is 1. The average molecular weight is 243 g/mol. The molecule has 2 N–H and O–H groups in total. The van der Waals surface area contributed by atoms with Crippen LogP contribution in [-0.4, -0.2) is 36.7 Å². The molecule has 0 unspecified atom stereocenters. The van der Waals surface area contributed by atoms with Crippen LogP contribution in [0, 0.1) is 0 Å². The van der Waals surface area contributed by atoms with Crippen molar-refractivity contribution in [1.82, 2.24) is 14.8 Å². The van der Waals surface area contributed by atoms with Crippen LogP contribution in [-0.2, 0) is 16.9 Å². The fraction of sp³-hybridized carbons (Fsp3) is 0.667. The molecule has 0 atom stereocenters. The molecule has 1 aromatic rings. The Kier molecular flexibility index (Phi) is 2.90. The summed E-state index contributed by atoms with van der Waals surface area (Å²) in [5.74, 6) is -0.418. The first-order valence-corrected chi connectivity index (χ1v) is 5.95. The molecule has 1 saturated carbocycles. The third-order valence-electron chi connectivity index (χ3n) is 2.68. The highest BCUT2D eigenvalue weighted by molar-refractivity contribution is 7.99. The van der Waals surface area contributed by atoms with Gasteiger partial charge >= 0.3 is 5.97 Å². The van der Waals surface area contributed by atoms with Crippen LogP contribution in [0.1, 0.15) is 25.6 Å². The molecule has 0 spiro atoms. The Morgan fingerprint density at radius 2 is 2.25 bits per heavy atom. The minimum Gasteiger partial charge on any atom is -0.481 e. The fourth-order valence-electron chi connectivity index (χ4n) is 1.57. The van der Waals surface area contributed by atoms with Crippen molar-refractivity contribution >= 4 is 17.7 Å². The highest BCUT2D eigenvalue weighted by Gasteiger charge is 2.42. The maximum absolute atomic E-state index is 10.5. The molecule has 1 aromatic heterocycles. The zero-order valence-electron chi connectivity index (χ0n) is 8.88. The molecule has 88 valence electrons. The van der Waals surface area contributed by atoms with Crippen LogP contribution in [0.3, 0.4) is 0 Å². The Balaban J connectivity index is 2.24. The molecule has 1 heterocycles. The van der Waals surface area contributed by atoms with Gasteiger partial charge in [-0.15, -0.1) is 10.2 Å². The van der Waals surface area contributed by atoms with E-state index in [0.29, 0.717) is 11.0 Å². The summed E-state index contributed by atoms with van der Waals surface area (Å²) in [6.45, 7) is 1.89. The number of carboxylic acid groups (broad SMARTS) is 1. The van der Waals surface area contributed by atoms with E-state index in [4.69, 9.17) is 10.2 Å². The summed E-state index contributed by atoms with van der Waals surface area (Å²) in [4.78, 5) is 10.5. The van der Waals surface area contributed by atoms with Gasteiger partial charge in [0.05, 0.1) is 5.75 Å². The lowest BCUT2D eigenvalue weighted by molar-refractivity contribution is -0.133. The third kappa shape index (κ3) is 2.05. The second kappa shape index (κ2) is 4.06. The van der Waals surface area contributed by atoms with Crippen LogP contribution in [0.5, 0.6) is 0 Å². The Morgan fingerprint density at radius 1 is 1.56 bits per heavy atom. The molecule has 1 aliphatic rings. The number of aliphatic hydroxyl groups is 1. The van der Waals surface area contributed by atoms with Crippen LogP contribution in [0.25, 0.3) is 0 Å². The minimum absolute atomic E-state index is 0.0393. The number of hydrogen-bond acceptors (Lipinski definition) is 5. The standard InChI is InChI=1S/C9H13N3O3S/c1-9(2-3-9)12-6(4-13)10-11-8(12)16-5-7(14)15/h13H,2-5H2,1H3,(H,14,15). The monoisotopic (exact) mass is 243 g/mol. The van der Waals surface area contributed by atoms with Crippen molar-refractivity contribution in [3.8, 4) is 0 Å². The molecule has 0 aliphatic heterocycles. The largest absolute Gasteiger partial charge is 0.481 e. The van der Waals surface area contributed by atoms with Crippen molar-refractivity contribution in [2.45, 2.75) is 37.1 Å². The Hall–Kier alpha value is -1.08. The molecular weight excluding hydrogens is 230 g/mol. The molecule has 0 bridgehead atoms. The van der Waals surface area contributed by atoms with Gasteiger partial charge in [0.15, 0.2) is 11.0 Å². The molecule has 0 radical (unpaired) electrons. The van der Waals surface area contributed by atoms with Gasteiger partial charge in [-0.3, -0.25) is 9.36 Å². The average Bonchev–Trinajstić information content (AvgIpc) is 2.83. The summed E-state index contributed by atoms with van der Waals surface area (Å²) in [7, 11) is 0. The first kappa shape index (κ1) is 11.4. The lowest BCUT2D eigenvalue weighted by atomic mass is 10.3. The fourth-order valence-corrected chi connectivity index (χ4v) is 2.38. The molecule has 0 amide bonds. The Morgan fingerprint density at radius 3 is 2.75 bits per heavy atom. The molecule has 7 heteroatoms. The van der Waals surface area contributed by atoms with Gasteiger partial charge in [-0.1, -0.05) is 11.8 Å². The van der Waals surface area contributed by atoms with Gasteiger partial charge in [0.25, 0.3) is 0 Å². The summed E-state index contributed by atoms with van der Waals surface area (Å²) >= 11 is 1.14. The van der Waals surface area contributed by atoms with E-state index >= 15 is 0 Å². The smallest absolute Gasteiger partial charge is 0.313 e. The summed E-state index contributed by atoms with van der Waals surface area (Å²) in [5.41, 5.74) is -0.0393. The van der Waals surface area contributed by atoms with E-state index in [2.05, 4.69) is 17.1 Å². The number of carbonyl (C=O) groups is 1. The van der Waals surface area contributed by atoms with E-state index in [-0.39, 0.29) is 17.9 Å². The Labute approximate surface area is 96.7 Å². The van der Waals surface area contributed by atoms with E-state index in [1.165, 1.54) is 0 Å². The molecule has 0 saturated heterocycles. The zero-order chi connectivity index (χ0) is 11.8. The number of aliphatic carboxylic acids is 1. The summed E-state index contributed by atoms with van der Waals surface area (Å²) in [6.07, 6.45) is 2.03. The van der Waals surface area contributed by atoms with Crippen LogP contribution >= 0.6 is 11.8 Å². The van der Waals surface area contributed by atoms with Gasteiger partial charge < -0.3 is 10.2 Å². The topological polar surface area (TPSA) is 88.2 Å². The number of thioether (sulfide) groups is 1. The highest BCUT2D eigenvalue weighted by Crippen LogP contribution is 2.45. The number of nitrogens with zero attached hydrogens (tertiary/aromatic N) is 3. The predicted molar refractivity (Wildman–Crippen MR) is 57.2 cm³/mol. The molecule has 0 aromatic carbocycles. The van der Waals surface area contributed by atoms with Crippen molar-refractivity contribution < 1.29 is 15.0 Å². The number of hydrogen-bond donors (Lipinski definition) is 2. The maximum Gasteiger partial charge on any atom is 0.313 e. The quantitative estimate of drug-likeness (QED) is 0.730. The predicted octanol–water partition coefficient (Wildman–Crippen LogP) is 0.456. The van der Waals surface area contributed by atoms with Crippen molar-refractivity contribution in [3.63, 3.8) is 0 Å². The first-order valence-electron chi connectivity index (χ1n) is 4.97. The van der Waals surface area contributed by atoms with Gasteiger partial charge in [-0.2, -0.15) is 0 Å². The van der Waals surface area contributed by atoms with Gasteiger partial charge in [0.2, 0.25) is 0 Å². The van der Waals surface area contributed by atoms with E-state index in [9.17, 15) is 4.79 Å². The van der Waals surface area contributed by atoms with E-state index in [0.717, 1.165) is 24.6 Å². The molecule has 16 heavy (non-hydrogen) atoms. The number of aromatic nitrogens is 3. The van der Waals surface area contributed by atoms with Crippen LogP contribution < -0.4 is 0 Å². The molecule has 1 fully saturated rings. The van der Waals surface area contributed by atoms with Crippen LogP contribution in [0.4, 0.5) is 0 Å². The summed E-state index contributed by atoms with van der Waals surface area (Å²) < 4.78 is 1.86. The highest BCUT2D eigenvalue weighted by atomic mass is 32.2. The second-order valence-corrected chi connectivity index (χ2v) is 5.01. The first-order chi connectivity index (χ1) is 7.57. The van der Waals surface area contributed by atoms with Crippen molar-refractivity contribution in [3.05, 3.63) is 5.82 Å². The van der Waals surface area contributed by atoms with Gasteiger partial charge in [0, 0.05) is 5.54 Å². The van der Waals surface area contributed by atoms with Crippen LogP contribution in [0.2, 0.25) is 0 Å².